The third-order valence-electron chi connectivity index (χ3n) is 0. The molecular weight excluding hydrogens is 190 g/mol. The molecule has 9 heteroatoms. The van der Waals surface area contributed by atoms with Gasteiger partial charge in [0.05, 0.1) is 0 Å². The minimum atomic E-state index is -2.60. The third kappa shape index (κ3) is 280. The normalized spacial score (nSPS) is 8.00. The molecule has 6 nitrogen and oxygen atoms in total. The first kappa shape index (κ1) is 16.7. The zero-order chi connectivity index (χ0) is 7.15. The molecule has 9 heavy (non-hydrogen) atoms. The van der Waals surface area contributed by atoms with E-state index in [1.54, 1.807) is 0 Å². The Balaban J connectivity index is -0.0000000720. The van der Waals surface area contributed by atoms with Crippen LogP contribution in [0, 0.1) is 21.6 Å². The van der Waals surface area contributed by atoms with Gasteiger partial charge < -0.3 is 18.6 Å². The van der Waals surface area contributed by atoms with Crippen molar-refractivity contribution in [3.8, 4) is 0 Å². The fourth-order valence-corrected chi connectivity index (χ4v) is 0. The molecule has 0 aromatic heterocycles. The van der Waals surface area contributed by atoms with Gasteiger partial charge in [-0.25, -0.2) is 0 Å². The molecule has 0 unspecified atom stereocenters. The summed E-state index contributed by atoms with van der Waals surface area (Å²) in [6, 6.07) is 0. The standard InChI is InChI=1S/2ClHO3.Na/c2*2-1(3)4;/h2*2H;. The summed E-state index contributed by atoms with van der Waals surface area (Å²) in [5.41, 5.74) is 0. The minimum absolute atomic E-state index is 0. The van der Waals surface area contributed by atoms with E-state index in [0.29, 0.717) is 0 Å². The van der Waals surface area contributed by atoms with E-state index in [4.69, 9.17) is 28.0 Å². The molecule has 0 bridgehead atoms. The Hall–Kier alpha value is 1.34. The maximum absolute atomic E-state index is 8.52. The SMILES string of the molecule is [Na].[O-][Cl+2]([O-])O.[O-][Cl+2]([O-])O. The summed E-state index contributed by atoms with van der Waals surface area (Å²) in [5.74, 6) is 0. The van der Waals surface area contributed by atoms with E-state index in [1.165, 1.54) is 0 Å². The minimum Gasteiger partial charge on any atom is -0.321 e. The van der Waals surface area contributed by atoms with Crippen molar-refractivity contribution >= 4 is 29.6 Å². The second-order valence-corrected chi connectivity index (χ2v) is 1.21. The zero-order valence-corrected chi connectivity index (χ0v) is 7.80. The van der Waals surface area contributed by atoms with Crippen LogP contribution in [0.2, 0.25) is 0 Å². The van der Waals surface area contributed by atoms with Crippen molar-refractivity contribution in [2.45, 2.75) is 0 Å². The monoisotopic (exact) mass is 191 g/mol. The van der Waals surface area contributed by atoms with Gasteiger partial charge >= 0.3 is 0 Å². The van der Waals surface area contributed by atoms with E-state index < -0.39 is 21.6 Å². The maximum Gasteiger partial charge on any atom is 0.282 e. The smallest absolute Gasteiger partial charge is 0.282 e. The average molecular weight is 192 g/mol. The van der Waals surface area contributed by atoms with Crippen molar-refractivity contribution in [2.75, 3.05) is 0 Å². The first-order valence-corrected chi connectivity index (χ1v) is 2.87. The van der Waals surface area contributed by atoms with Crippen LogP contribution in [0.4, 0.5) is 0 Å². The Morgan fingerprint density at radius 2 is 0.778 bits per heavy atom. The van der Waals surface area contributed by atoms with Crippen LogP contribution in [0.15, 0.2) is 0 Å². The molecule has 0 heterocycles. The molecule has 0 saturated carbocycles. The Bertz CT molecular complexity index is 26.5. The van der Waals surface area contributed by atoms with Crippen LogP contribution in [-0.4, -0.2) is 38.9 Å². The maximum atomic E-state index is 8.52. The summed E-state index contributed by atoms with van der Waals surface area (Å²) < 4.78 is 47.9. The quantitative estimate of drug-likeness (QED) is 0.366. The van der Waals surface area contributed by atoms with E-state index in [2.05, 4.69) is 0 Å². The van der Waals surface area contributed by atoms with Gasteiger partial charge in [0.1, 0.15) is 0 Å². The van der Waals surface area contributed by atoms with Gasteiger partial charge in [-0.3, -0.25) is 0 Å². The van der Waals surface area contributed by atoms with Gasteiger partial charge in [-0.05, 0) is 0 Å². The van der Waals surface area contributed by atoms with E-state index in [0.717, 1.165) is 0 Å². The fourth-order valence-electron chi connectivity index (χ4n) is 0. The molecule has 0 spiro atoms. The van der Waals surface area contributed by atoms with Crippen molar-refractivity contribution in [1.29, 1.82) is 0 Å². The molecule has 0 aliphatic rings. The van der Waals surface area contributed by atoms with Crippen molar-refractivity contribution in [3.63, 3.8) is 0 Å². The molecule has 0 fully saturated rings. The van der Waals surface area contributed by atoms with Crippen molar-refractivity contribution in [3.05, 3.63) is 0 Å². The van der Waals surface area contributed by atoms with Crippen LogP contribution < -0.4 is 18.6 Å². The number of hydrogen-bond acceptors (Lipinski definition) is 6. The topological polar surface area (TPSA) is 133 Å². The molecule has 0 rings (SSSR count). The summed E-state index contributed by atoms with van der Waals surface area (Å²) >= 11 is 0. The molecular formula is H2Cl2NaO6. The fraction of sp³-hybridized carbons (Fsp3) is 0. The van der Waals surface area contributed by atoms with Crippen LogP contribution in [0.5, 0.6) is 0 Å². The summed E-state index contributed by atoms with van der Waals surface area (Å²) in [6.45, 7) is 0. The number of hydrogen-bond donors (Lipinski definition) is 2. The largest absolute Gasteiger partial charge is 0.321 e. The molecule has 53 valence electrons. The summed E-state index contributed by atoms with van der Waals surface area (Å²) in [4.78, 5) is 0. The van der Waals surface area contributed by atoms with Crippen LogP contribution in [-0.2, 0) is 0 Å². The number of rotatable bonds is 0. The van der Waals surface area contributed by atoms with Gasteiger partial charge in [0.15, 0.2) is 0 Å². The van der Waals surface area contributed by atoms with Gasteiger partial charge in [0.25, 0.3) is 21.6 Å². The molecule has 0 aromatic carbocycles. The molecule has 2 N–H and O–H groups in total. The molecule has 1 radical (unpaired) electrons. The molecule has 0 saturated heterocycles. The van der Waals surface area contributed by atoms with Crippen LogP contribution in [0.25, 0.3) is 0 Å². The van der Waals surface area contributed by atoms with E-state index in [-0.39, 0.29) is 29.6 Å². The average Bonchev–Trinajstić information content (AvgIpc) is 1.25. The predicted molar refractivity (Wildman–Crippen MR) is 10.2 cm³/mol. The van der Waals surface area contributed by atoms with Gasteiger partial charge in [-0.15, -0.1) is 0 Å². The first-order chi connectivity index (χ1) is 3.46. The summed E-state index contributed by atoms with van der Waals surface area (Å²) in [7, 11) is -5.20. The molecule has 0 atom stereocenters. The predicted octanol–water partition coefficient (Wildman–Crippen LogP) is -6.25. The van der Waals surface area contributed by atoms with E-state index in [9.17, 15) is 0 Å². The van der Waals surface area contributed by atoms with Gasteiger partial charge in [0, 0.05) is 38.9 Å². The molecule has 0 aromatic rings. The van der Waals surface area contributed by atoms with Crippen molar-refractivity contribution in [1.82, 2.24) is 0 Å². The first-order valence-electron chi connectivity index (χ1n) is 0.955. The molecule has 0 aliphatic heterocycles. The Kier molecular flexibility index (Phi) is 22.4. The zero-order valence-electron chi connectivity index (χ0n) is 4.28. The van der Waals surface area contributed by atoms with Crippen LogP contribution in [0.1, 0.15) is 0 Å². The number of halogens is 2. The Labute approximate surface area is 78.8 Å². The van der Waals surface area contributed by atoms with Gasteiger partial charge in [-0.2, -0.15) is 0 Å². The van der Waals surface area contributed by atoms with E-state index >= 15 is 0 Å². The Morgan fingerprint density at radius 3 is 0.778 bits per heavy atom. The summed E-state index contributed by atoms with van der Waals surface area (Å²) in [5, 5.41) is 0. The third-order valence-corrected chi connectivity index (χ3v) is 0. The second kappa shape index (κ2) is 12.1. The van der Waals surface area contributed by atoms with Crippen LogP contribution >= 0.6 is 0 Å². The van der Waals surface area contributed by atoms with Gasteiger partial charge in [0.2, 0.25) is 0 Å². The summed E-state index contributed by atoms with van der Waals surface area (Å²) in [6.07, 6.45) is 0. The second-order valence-electron chi connectivity index (χ2n) is 0.402. The van der Waals surface area contributed by atoms with Crippen molar-refractivity contribution in [2.24, 2.45) is 0 Å². The molecule has 0 aliphatic carbocycles. The molecule has 0 amide bonds. The van der Waals surface area contributed by atoms with Gasteiger partial charge in [-0.1, -0.05) is 0 Å². The van der Waals surface area contributed by atoms with E-state index in [1.807, 2.05) is 0 Å². The van der Waals surface area contributed by atoms with Crippen LogP contribution in [0.3, 0.4) is 0 Å². The van der Waals surface area contributed by atoms with Crippen molar-refractivity contribution < 1.29 is 49.5 Å². The Morgan fingerprint density at radius 1 is 0.778 bits per heavy atom.